The Labute approximate surface area is 179 Å². The average molecular weight is 460 g/mol. The van der Waals surface area contributed by atoms with Gasteiger partial charge in [0.2, 0.25) is 0 Å². The number of esters is 1. The molecule has 2 fully saturated rings. The van der Waals surface area contributed by atoms with Gasteiger partial charge in [0.1, 0.15) is 18.8 Å². The van der Waals surface area contributed by atoms with E-state index < -0.39 is 41.2 Å². The van der Waals surface area contributed by atoms with Crippen LogP contribution in [0.5, 0.6) is 0 Å². The minimum atomic E-state index is -5.08. The lowest BCUT2D eigenvalue weighted by atomic mass is 10.2. The zero-order chi connectivity index (χ0) is 23.5. The molecule has 2 heterocycles. The van der Waals surface area contributed by atoms with Crippen LogP contribution < -0.4 is 5.43 Å². The summed E-state index contributed by atoms with van der Waals surface area (Å²) >= 11 is 0. The molecule has 2 amide bonds. The Morgan fingerprint density at radius 1 is 1.19 bits per heavy atom. The van der Waals surface area contributed by atoms with E-state index >= 15 is 0 Å². The third-order valence-electron chi connectivity index (χ3n) is 4.92. The minimum absolute atomic E-state index is 0.0993. The first-order valence-electron chi connectivity index (χ1n) is 9.54. The summed E-state index contributed by atoms with van der Waals surface area (Å²) in [6.07, 6.45) is -5.88. The predicted molar refractivity (Wildman–Crippen MR) is 98.7 cm³/mol. The Hall–Kier alpha value is -3.42. The number of amides is 2. The molecule has 1 aromatic rings. The van der Waals surface area contributed by atoms with E-state index in [0.29, 0.717) is 18.4 Å². The average Bonchev–Trinajstić information content (AvgIpc) is 3.20. The molecule has 1 N–H and O–H groups in total. The maximum Gasteiger partial charge on any atom is 0.490 e. The van der Waals surface area contributed by atoms with Gasteiger partial charge >= 0.3 is 18.2 Å². The molecule has 11 nitrogen and oxygen atoms in total. The number of rotatable bonds is 6. The van der Waals surface area contributed by atoms with E-state index in [2.05, 4.69) is 10.2 Å². The summed E-state index contributed by atoms with van der Waals surface area (Å²) in [6.45, 7) is -0.0706. The van der Waals surface area contributed by atoms with Crippen LogP contribution in [-0.2, 0) is 25.7 Å². The van der Waals surface area contributed by atoms with Gasteiger partial charge in [0, 0.05) is 18.7 Å². The largest absolute Gasteiger partial charge is 0.490 e. The van der Waals surface area contributed by atoms with Crippen molar-refractivity contribution in [2.45, 2.75) is 37.8 Å². The number of hydrogen-bond donors (Lipinski definition) is 1. The van der Waals surface area contributed by atoms with Crippen molar-refractivity contribution >= 4 is 23.7 Å². The molecule has 174 valence electrons. The monoisotopic (exact) mass is 460 g/mol. The van der Waals surface area contributed by atoms with E-state index in [-0.39, 0.29) is 31.9 Å². The lowest BCUT2D eigenvalue weighted by Gasteiger charge is -2.39. The molecule has 0 saturated carbocycles. The molecule has 0 bridgehead atoms. The number of hydrogen-bond acceptors (Lipinski definition) is 8. The van der Waals surface area contributed by atoms with Crippen molar-refractivity contribution in [1.82, 2.24) is 15.3 Å². The molecule has 1 atom stereocenters. The van der Waals surface area contributed by atoms with Crippen LogP contribution >= 0.6 is 0 Å². The van der Waals surface area contributed by atoms with Crippen LogP contribution in [0.2, 0.25) is 0 Å². The number of nitrogens with one attached hydrogen (secondary N) is 1. The number of carbonyl (C=O) groups is 3. The summed E-state index contributed by atoms with van der Waals surface area (Å²) in [5.41, 5.74) is 2.92. The molecular weight excluding hydrogens is 441 g/mol. The van der Waals surface area contributed by atoms with Crippen LogP contribution in [0.4, 0.5) is 23.7 Å². The van der Waals surface area contributed by atoms with Crippen LogP contribution in [-0.4, -0.2) is 70.8 Å². The zero-order valence-electron chi connectivity index (χ0n) is 16.5. The highest BCUT2D eigenvalue weighted by atomic mass is 19.4. The topological polar surface area (TPSA) is 131 Å². The summed E-state index contributed by atoms with van der Waals surface area (Å²) in [5.74, 6) is -2.82. The molecule has 0 radical (unpaired) electrons. The molecule has 32 heavy (non-hydrogen) atoms. The molecular formula is C18H19F3N4O7. The smallest absolute Gasteiger partial charge is 0.453 e. The van der Waals surface area contributed by atoms with Crippen molar-refractivity contribution < 1.29 is 42.0 Å². The molecule has 2 aliphatic rings. The van der Waals surface area contributed by atoms with E-state index in [0.717, 1.165) is 0 Å². The zero-order valence-corrected chi connectivity index (χ0v) is 16.5. The minimum Gasteiger partial charge on any atom is -0.453 e. The number of ether oxygens (including phenoxy) is 2. The number of non-ortho nitro benzene ring substituents is 1. The maximum absolute atomic E-state index is 12.5. The maximum atomic E-state index is 12.5. The van der Waals surface area contributed by atoms with Gasteiger partial charge in [0.25, 0.3) is 11.6 Å². The molecule has 2 saturated heterocycles. The fourth-order valence-electron chi connectivity index (χ4n) is 3.25. The van der Waals surface area contributed by atoms with E-state index in [1.165, 1.54) is 34.2 Å². The highest BCUT2D eigenvalue weighted by Gasteiger charge is 2.45. The highest BCUT2D eigenvalue weighted by Crippen LogP contribution is 2.22. The first-order valence-corrected chi connectivity index (χ1v) is 9.54. The van der Waals surface area contributed by atoms with E-state index in [9.17, 15) is 37.7 Å². The van der Waals surface area contributed by atoms with E-state index in [4.69, 9.17) is 4.74 Å². The molecule has 1 aromatic carbocycles. The van der Waals surface area contributed by atoms with E-state index in [1.807, 2.05) is 0 Å². The number of carbonyl (C=O) groups excluding carboxylic acids is 3. The summed E-state index contributed by atoms with van der Waals surface area (Å²) < 4.78 is 46.0. The number of nitro groups is 1. The van der Waals surface area contributed by atoms with Gasteiger partial charge in [-0.2, -0.15) is 13.2 Å². The number of halogens is 3. The van der Waals surface area contributed by atoms with Crippen molar-refractivity contribution in [3.63, 3.8) is 0 Å². The van der Waals surface area contributed by atoms with Crippen LogP contribution in [0.25, 0.3) is 0 Å². The summed E-state index contributed by atoms with van der Waals surface area (Å²) in [7, 11) is 0. The van der Waals surface area contributed by atoms with Crippen molar-refractivity contribution in [3.05, 3.63) is 39.9 Å². The van der Waals surface area contributed by atoms with Crippen molar-refractivity contribution in [1.29, 1.82) is 0 Å². The molecule has 14 heteroatoms. The van der Waals surface area contributed by atoms with Crippen LogP contribution in [0.15, 0.2) is 24.3 Å². The quantitative estimate of drug-likeness (QED) is 0.384. The SMILES string of the molecule is O=C(NN1CC(OC(=O)C(F)(F)F)C1)[C@@H]1CCCN1C(=O)OCc1ccc([N+](=O)[O-])cc1. The van der Waals surface area contributed by atoms with Crippen molar-refractivity contribution in [2.75, 3.05) is 19.6 Å². The van der Waals surface area contributed by atoms with Crippen molar-refractivity contribution in [3.8, 4) is 0 Å². The van der Waals surface area contributed by atoms with Gasteiger partial charge in [-0.25, -0.2) is 14.6 Å². The molecule has 2 aliphatic heterocycles. The van der Waals surface area contributed by atoms with Gasteiger partial charge in [-0.05, 0) is 30.5 Å². The fourth-order valence-corrected chi connectivity index (χ4v) is 3.25. The van der Waals surface area contributed by atoms with Gasteiger partial charge in [0.15, 0.2) is 0 Å². The van der Waals surface area contributed by atoms with Gasteiger partial charge in [0.05, 0.1) is 18.0 Å². The molecule has 0 aliphatic carbocycles. The van der Waals surface area contributed by atoms with Gasteiger partial charge in [-0.15, -0.1) is 0 Å². The van der Waals surface area contributed by atoms with Crippen molar-refractivity contribution in [2.24, 2.45) is 0 Å². The Morgan fingerprint density at radius 2 is 1.84 bits per heavy atom. The lowest BCUT2D eigenvalue weighted by Crippen LogP contribution is -2.63. The normalized spacial score (nSPS) is 19.2. The third-order valence-corrected chi connectivity index (χ3v) is 4.92. The Morgan fingerprint density at radius 3 is 2.44 bits per heavy atom. The third kappa shape index (κ3) is 5.63. The van der Waals surface area contributed by atoms with Crippen LogP contribution in [0, 0.1) is 10.1 Å². The second-order valence-corrected chi connectivity index (χ2v) is 7.24. The van der Waals surface area contributed by atoms with Gasteiger partial charge in [-0.1, -0.05) is 0 Å². The Balaban J connectivity index is 1.44. The standard InChI is InChI=1S/C18H19F3N4O7/c19-18(20,21)16(27)32-13-8-23(9-13)22-15(26)14-2-1-7-24(14)17(28)31-10-11-3-5-12(6-4-11)25(29)30/h3-6,13-14H,1-2,7-10H2,(H,22,26)/t14-/m0/s1. The second-order valence-electron chi connectivity index (χ2n) is 7.24. The first kappa shape index (κ1) is 23.2. The molecule has 0 unspecified atom stereocenters. The molecule has 0 aromatic heterocycles. The number of benzene rings is 1. The number of nitro benzene ring substituents is 1. The highest BCUT2D eigenvalue weighted by molar-refractivity contribution is 5.86. The Kier molecular flexibility index (Phi) is 6.81. The van der Waals surface area contributed by atoms with Gasteiger partial charge in [-0.3, -0.25) is 25.2 Å². The fraction of sp³-hybridized carbons (Fsp3) is 0.500. The Bertz CT molecular complexity index is 888. The summed E-state index contributed by atoms with van der Waals surface area (Å²) in [5, 5.41) is 12.0. The second kappa shape index (κ2) is 9.38. The predicted octanol–water partition coefficient (Wildman–Crippen LogP) is 1.52. The van der Waals surface area contributed by atoms with Gasteiger partial charge < -0.3 is 9.47 Å². The summed E-state index contributed by atoms with van der Waals surface area (Å²) in [6, 6.07) is 4.64. The number of alkyl halides is 3. The first-order chi connectivity index (χ1) is 15.0. The molecule has 3 rings (SSSR count). The number of nitrogens with zero attached hydrogens (tertiary/aromatic N) is 3. The van der Waals surface area contributed by atoms with E-state index in [1.54, 1.807) is 0 Å². The lowest BCUT2D eigenvalue weighted by molar-refractivity contribution is -0.384. The molecule has 0 spiro atoms. The van der Waals surface area contributed by atoms with Crippen LogP contribution in [0.3, 0.4) is 0 Å². The summed E-state index contributed by atoms with van der Waals surface area (Å²) in [4.78, 5) is 47.0. The van der Waals surface area contributed by atoms with Crippen LogP contribution in [0.1, 0.15) is 18.4 Å². The number of likely N-dealkylation sites (tertiary alicyclic amines) is 1. The number of hydrazine groups is 1.